The largest absolute Gasteiger partial charge is 0.444 e. The summed E-state index contributed by atoms with van der Waals surface area (Å²) in [6, 6.07) is 2.06. The van der Waals surface area contributed by atoms with Gasteiger partial charge >= 0.3 is 6.09 Å². The number of rotatable bonds is 6. The van der Waals surface area contributed by atoms with Crippen molar-refractivity contribution in [1.82, 2.24) is 10.3 Å². The van der Waals surface area contributed by atoms with Gasteiger partial charge in [-0.2, -0.15) is 0 Å². The summed E-state index contributed by atoms with van der Waals surface area (Å²) in [4.78, 5) is 15.9. The summed E-state index contributed by atoms with van der Waals surface area (Å²) < 4.78 is 5.27. The van der Waals surface area contributed by atoms with Crippen LogP contribution in [0.4, 0.5) is 10.5 Å². The Morgan fingerprint density at radius 3 is 2.50 bits per heavy atom. The fraction of sp³-hybridized carbons (Fsp3) is 0.647. The minimum absolute atomic E-state index is 0.313. The number of ether oxygens (including phenoxy) is 1. The van der Waals surface area contributed by atoms with E-state index in [1.807, 2.05) is 40.1 Å². The van der Waals surface area contributed by atoms with Crippen LogP contribution in [0.15, 0.2) is 18.5 Å². The van der Waals surface area contributed by atoms with Crippen molar-refractivity contribution in [2.75, 3.05) is 18.4 Å². The van der Waals surface area contributed by atoms with Crippen LogP contribution in [0.1, 0.15) is 40.2 Å². The van der Waals surface area contributed by atoms with E-state index >= 15 is 0 Å². The molecule has 22 heavy (non-hydrogen) atoms. The molecule has 0 saturated heterocycles. The summed E-state index contributed by atoms with van der Waals surface area (Å²) in [5, 5.41) is 6.24. The van der Waals surface area contributed by atoms with Crippen molar-refractivity contribution in [3.63, 3.8) is 0 Å². The van der Waals surface area contributed by atoms with Crippen LogP contribution in [0.2, 0.25) is 0 Å². The molecule has 1 aromatic rings. The zero-order valence-electron chi connectivity index (χ0n) is 14.6. The summed E-state index contributed by atoms with van der Waals surface area (Å²) >= 11 is 0. The zero-order valence-corrected chi connectivity index (χ0v) is 14.6. The van der Waals surface area contributed by atoms with Gasteiger partial charge in [0, 0.05) is 25.5 Å². The minimum Gasteiger partial charge on any atom is -0.444 e. The second kappa shape index (κ2) is 8.01. The maximum atomic E-state index is 11.7. The molecular formula is C17H29N3O2. The number of hydrogen-bond donors (Lipinski definition) is 2. The Hall–Kier alpha value is -1.78. The lowest BCUT2D eigenvalue weighted by Gasteiger charge is -2.24. The first-order valence-electron chi connectivity index (χ1n) is 7.80. The Kier molecular flexibility index (Phi) is 6.65. The summed E-state index contributed by atoms with van der Waals surface area (Å²) in [5.74, 6) is 0.758. The lowest BCUT2D eigenvalue weighted by Crippen LogP contribution is -2.38. The molecule has 0 aliphatic carbocycles. The van der Waals surface area contributed by atoms with Crippen LogP contribution in [0.25, 0.3) is 0 Å². The lowest BCUT2D eigenvalue weighted by atomic mass is 9.95. The highest BCUT2D eigenvalue weighted by Gasteiger charge is 2.19. The van der Waals surface area contributed by atoms with Gasteiger partial charge in [0.2, 0.25) is 0 Å². The summed E-state index contributed by atoms with van der Waals surface area (Å²) in [5.41, 5.74) is 1.66. The first-order chi connectivity index (χ1) is 10.2. The molecule has 0 aliphatic rings. The number of aryl methyl sites for hydroxylation is 1. The monoisotopic (exact) mass is 307 g/mol. The van der Waals surface area contributed by atoms with E-state index in [-0.39, 0.29) is 6.09 Å². The molecular weight excluding hydrogens is 278 g/mol. The lowest BCUT2D eigenvalue weighted by molar-refractivity contribution is 0.0516. The molecule has 1 amide bonds. The zero-order chi connectivity index (χ0) is 16.8. The van der Waals surface area contributed by atoms with Gasteiger partial charge in [0.25, 0.3) is 0 Å². The molecule has 0 fully saturated rings. The van der Waals surface area contributed by atoms with Crippen molar-refractivity contribution in [3.05, 3.63) is 24.0 Å². The maximum absolute atomic E-state index is 11.7. The Morgan fingerprint density at radius 1 is 1.27 bits per heavy atom. The summed E-state index contributed by atoms with van der Waals surface area (Å²) in [6.07, 6.45) is 3.27. The first-order valence-corrected chi connectivity index (χ1v) is 7.80. The highest BCUT2D eigenvalue weighted by molar-refractivity contribution is 5.67. The van der Waals surface area contributed by atoms with Gasteiger partial charge < -0.3 is 15.4 Å². The molecule has 0 aromatic carbocycles. The van der Waals surface area contributed by atoms with Crippen LogP contribution in [-0.2, 0) is 4.74 Å². The van der Waals surface area contributed by atoms with E-state index < -0.39 is 5.60 Å². The van der Waals surface area contributed by atoms with Gasteiger partial charge in [0.1, 0.15) is 5.60 Å². The van der Waals surface area contributed by atoms with Crippen molar-refractivity contribution in [2.24, 2.45) is 11.8 Å². The molecule has 0 saturated carbocycles. The van der Waals surface area contributed by atoms with E-state index in [0.29, 0.717) is 18.4 Å². The van der Waals surface area contributed by atoms with E-state index in [1.165, 1.54) is 0 Å². The third-order valence-corrected chi connectivity index (χ3v) is 3.29. The molecule has 1 aromatic heterocycles. The van der Waals surface area contributed by atoms with Gasteiger partial charge in [0.05, 0.1) is 5.69 Å². The summed E-state index contributed by atoms with van der Waals surface area (Å²) in [6.45, 7) is 13.3. The van der Waals surface area contributed by atoms with Crippen molar-refractivity contribution < 1.29 is 9.53 Å². The predicted octanol–water partition coefficient (Wildman–Crippen LogP) is 3.60. The van der Waals surface area contributed by atoms with Gasteiger partial charge in [-0.1, -0.05) is 13.8 Å². The summed E-state index contributed by atoms with van der Waals surface area (Å²) in [7, 11) is 0. The number of nitrogens with zero attached hydrogens (tertiary/aromatic N) is 1. The van der Waals surface area contributed by atoms with E-state index in [4.69, 9.17) is 4.74 Å². The number of alkyl carbamates (subject to hydrolysis) is 1. The van der Waals surface area contributed by atoms with Gasteiger partial charge in [-0.15, -0.1) is 0 Å². The van der Waals surface area contributed by atoms with E-state index in [2.05, 4.69) is 35.5 Å². The molecule has 1 unspecified atom stereocenters. The minimum atomic E-state index is -0.469. The second-order valence-electron chi connectivity index (χ2n) is 7.02. The molecule has 0 aliphatic heterocycles. The fourth-order valence-electron chi connectivity index (χ4n) is 1.97. The highest BCUT2D eigenvalue weighted by Crippen LogP contribution is 2.14. The fourth-order valence-corrected chi connectivity index (χ4v) is 1.97. The van der Waals surface area contributed by atoms with Crippen LogP contribution >= 0.6 is 0 Å². The number of anilines is 1. The highest BCUT2D eigenvalue weighted by atomic mass is 16.6. The number of hydrogen-bond acceptors (Lipinski definition) is 4. The Balaban J connectivity index is 2.47. The Morgan fingerprint density at radius 2 is 1.95 bits per heavy atom. The predicted molar refractivity (Wildman–Crippen MR) is 90.0 cm³/mol. The van der Waals surface area contributed by atoms with Crippen molar-refractivity contribution in [1.29, 1.82) is 0 Å². The number of aromatic nitrogens is 1. The normalized spacial score (nSPS) is 12.9. The van der Waals surface area contributed by atoms with Crippen LogP contribution < -0.4 is 10.6 Å². The molecule has 1 heterocycles. The van der Waals surface area contributed by atoms with Gasteiger partial charge in [-0.25, -0.2) is 4.79 Å². The van der Waals surface area contributed by atoms with Gasteiger partial charge in [-0.3, -0.25) is 4.98 Å². The van der Waals surface area contributed by atoms with Crippen molar-refractivity contribution in [3.8, 4) is 0 Å². The van der Waals surface area contributed by atoms with Crippen LogP contribution in [-0.4, -0.2) is 29.8 Å². The van der Waals surface area contributed by atoms with Crippen LogP contribution in [0.3, 0.4) is 0 Å². The average molecular weight is 307 g/mol. The number of carbonyl (C=O) groups is 1. The third kappa shape index (κ3) is 7.29. The van der Waals surface area contributed by atoms with Crippen LogP contribution in [0, 0.1) is 18.8 Å². The van der Waals surface area contributed by atoms with E-state index in [9.17, 15) is 4.79 Å². The Bertz CT molecular complexity index is 481. The average Bonchev–Trinajstić information content (AvgIpc) is 2.36. The third-order valence-electron chi connectivity index (χ3n) is 3.29. The molecule has 0 spiro atoms. The second-order valence-corrected chi connectivity index (χ2v) is 7.02. The van der Waals surface area contributed by atoms with Crippen molar-refractivity contribution >= 4 is 11.8 Å². The smallest absolute Gasteiger partial charge is 0.407 e. The van der Waals surface area contributed by atoms with E-state index in [1.54, 1.807) is 0 Å². The quantitative estimate of drug-likeness (QED) is 0.843. The maximum Gasteiger partial charge on any atom is 0.407 e. The molecule has 5 nitrogen and oxygen atoms in total. The molecule has 1 rings (SSSR count). The Labute approximate surface area is 133 Å². The molecule has 1 atom stereocenters. The number of carbonyl (C=O) groups excluding carboxylic acids is 1. The first kappa shape index (κ1) is 18.3. The SMILES string of the molecule is Cc1cncc(NCC(CNC(=O)OC(C)(C)C)C(C)C)c1. The number of nitrogens with one attached hydrogen (secondary N) is 2. The molecule has 0 bridgehead atoms. The molecule has 0 radical (unpaired) electrons. The number of pyridine rings is 1. The standard InChI is InChI=1S/C17H29N3O2/c1-12(2)14(10-20-16(21)22-17(4,5)6)9-19-15-7-13(3)8-18-11-15/h7-8,11-12,14,19H,9-10H2,1-6H3,(H,20,21). The van der Waals surface area contributed by atoms with Crippen molar-refractivity contribution in [2.45, 2.75) is 47.1 Å². The van der Waals surface area contributed by atoms with Gasteiger partial charge in [0.15, 0.2) is 0 Å². The van der Waals surface area contributed by atoms with Gasteiger partial charge in [-0.05, 0) is 51.2 Å². The number of amides is 1. The molecule has 2 N–H and O–H groups in total. The topological polar surface area (TPSA) is 63.2 Å². The van der Waals surface area contributed by atoms with Crippen LogP contribution in [0.5, 0.6) is 0 Å². The molecule has 124 valence electrons. The van der Waals surface area contributed by atoms with E-state index in [0.717, 1.165) is 17.8 Å². The molecule has 5 heteroatoms.